The van der Waals surface area contributed by atoms with E-state index in [-0.39, 0.29) is 24.0 Å². The predicted molar refractivity (Wildman–Crippen MR) is 109 cm³/mol. The summed E-state index contributed by atoms with van der Waals surface area (Å²) >= 11 is 0. The molecule has 0 bridgehead atoms. The Morgan fingerprint density at radius 3 is 2.32 bits per heavy atom. The van der Waals surface area contributed by atoms with Crippen molar-refractivity contribution in [1.82, 2.24) is 19.7 Å². The second kappa shape index (κ2) is 11.7. The average Bonchev–Trinajstić information content (AvgIpc) is 3.00. The average molecular weight is 397 g/mol. The number of methoxy groups -OCH3 is 2. The monoisotopic (exact) mass is 396 g/mol. The van der Waals surface area contributed by atoms with Gasteiger partial charge in [-0.15, -0.1) is 0 Å². The number of urea groups is 1. The highest BCUT2D eigenvalue weighted by atomic mass is 16.5. The van der Waals surface area contributed by atoms with Gasteiger partial charge in [-0.3, -0.25) is 4.79 Å². The largest absolute Gasteiger partial charge is 0.385 e. The van der Waals surface area contributed by atoms with Gasteiger partial charge in [0, 0.05) is 58.4 Å². The Balaban J connectivity index is 2.85. The van der Waals surface area contributed by atoms with Gasteiger partial charge in [-0.2, -0.15) is 0 Å². The van der Waals surface area contributed by atoms with Gasteiger partial charge in [0.05, 0.1) is 13.2 Å². The van der Waals surface area contributed by atoms with Crippen LogP contribution in [0.3, 0.4) is 0 Å². The van der Waals surface area contributed by atoms with E-state index in [9.17, 15) is 9.59 Å². The maximum Gasteiger partial charge on any atom is 0.318 e. The Bertz CT molecular complexity index is 610. The molecule has 0 aliphatic rings. The quantitative estimate of drug-likeness (QED) is 0.579. The van der Waals surface area contributed by atoms with E-state index in [1.807, 2.05) is 50.7 Å². The SMILES string of the molecule is COCCCN(CC(=O)N(CCOC)Cc1cccn1C)C(=O)NC(C)(C)C. The molecule has 8 nitrogen and oxygen atoms in total. The summed E-state index contributed by atoms with van der Waals surface area (Å²) in [6, 6.07) is 3.68. The number of hydrogen-bond acceptors (Lipinski definition) is 4. The van der Waals surface area contributed by atoms with Crippen molar-refractivity contribution in [3.05, 3.63) is 24.0 Å². The summed E-state index contributed by atoms with van der Waals surface area (Å²) in [4.78, 5) is 29.0. The zero-order chi connectivity index (χ0) is 21.2. The van der Waals surface area contributed by atoms with Crippen LogP contribution in [-0.2, 0) is 27.9 Å². The lowest BCUT2D eigenvalue weighted by Crippen LogP contribution is -2.52. The second-order valence-corrected chi connectivity index (χ2v) is 7.87. The van der Waals surface area contributed by atoms with E-state index in [4.69, 9.17) is 9.47 Å². The number of carbonyl (C=O) groups is 2. The smallest absolute Gasteiger partial charge is 0.318 e. The van der Waals surface area contributed by atoms with Crippen LogP contribution in [0.25, 0.3) is 0 Å². The van der Waals surface area contributed by atoms with Crippen LogP contribution in [0, 0.1) is 0 Å². The minimum Gasteiger partial charge on any atom is -0.385 e. The van der Waals surface area contributed by atoms with Crippen molar-refractivity contribution in [2.75, 3.05) is 47.1 Å². The third-order valence-corrected chi connectivity index (χ3v) is 4.19. The van der Waals surface area contributed by atoms with Gasteiger partial charge in [-0.05, 0) is 39.3 Å². The molecule has 0 aliphatic heterocycles. The van der Waals surface area contributed by atoms with Gasteiger partial charge in [0.1, 0.15) is 6.54 Å². The van der Waals surface area contributed by atoms with Crippen LogP contribution >= 0.6 is 0 Å². The molecule has 160 valence electrons. The van der Waals surface area contributed by atoms with Gasteiger partial charge in [-0.25, -0.2) is 4.79 Å². The molecule has 0 saturated heterocycles. The van der Waals surface area contributed by atoms with Crippen molar-refractivity contribution in [3.8, 4) is 0 Å². The number of ether oxygens (including phenoxy) is 2. The molecule has 3 amide bonds. The van der Waals surface area contributed by atoms with E-state index >= 15 is 0 Å². The highest BCUT2D eigenvalue weighted by Crippen LogP contribution is 2.08. The minimum absolute atomic E-state index is 0.0137. The van der Waals surface area contributed by atoms with Gasteiger partial charge in [-0.1, -0.05) is 0 Å². The van der Waals surface area contributed by atoms with E-state index in [2.05, 4.69) is 5.32 Å². The molecule has 1 N–H and O–H groups in total. The number of rotatable bonds is 11. The van der Waals surface area contributed by atoms with Gasteiger partial charge in [0.15, 0.2) is 0 Å². The number of hydrogen-bond donors (Lipinski definition) is 1. The molecule has 1 aromatic heterocycles. The summed E-state index contributed by atoms with van der Waals surface area (Å²) in [7, 11) is 5.18. The molecular formula is C20H36N4O4. The van der Waals surface area contributed by atoms with Gasteiger partial charge in [0.25, 0.3) is 0 Å². The van der Waals surface area contributed by atoms with E-state index in [0.29, 0.717) is 39.3 Å². The Morgan fingerprint density at radius 2 is 1.79 bits per heavy atom. The molecule has 1 aromatic rings. The molecule has 0 aromatic carbocycles. The maximum atomic E-state index is 13.0. The number of carbonyl (C=O) groups excluding carboxylic acids is 2. The molecule has 0 saturated carbocycles. The normalized spacial score (nSPS) is 11.4. The van der Waals surface area contributed by atoms with Crippen LogP contribution < -0.4 is 5.32 Å². The van der Waals surface area contributed by atoms with Crippen LogP contribution in [0.2, 0.25) is 0 Å². The molecule has 8 heteroatoms. The minimum atomic E-state index is -0.377. The first kappa shape index (κ1) is 24.0. The fourth-order valence-corrected chi connectivity index (χ4v) is 2.66. The van der Waals surface area contributed by atoms with Gasteiger partial charge >= 0.3 is 6.03 Å². The maximum absolute atomic E-state index is 13.0. The first-order valence-electron chi connectivity index (χ1n) is 9.61. The predicted octanol–water partition coefficient (Wildman–Crippen LogP) is 1.85. The molecular weight excluding hydrogens is 360 g/mol. The topological polar surface area (TPSA) is 76.0 Å². The Morgan fingerprint density at radius 1 is 1.11 bits per heavy atom. The van der Waals surface area contributed by atoms with Crippen LogP contribution in [0.1, 0.15) is 32.9 Å². The van der Waals surface area contributed by atoms with Crippen molar-refractivity contribution in [3.63, 3.8) is 0 Å². The second-order valence-electron chi connectivity index (χ2n) is 7.87. The molecule has 0 aliphatic carbocycles. The Kier molecular flexibility index (Phi) is 10.0. The summed E-state index contributed by atoms with van der Waals surface area (Å²) in [5.74, 6) is -0.111. The van der Waals surface area contributed by atoms with Gasteiger partial charge in [0.2, 0.25) is 5.91 Å². The first-order chi connectivity index (χ1) is 13.2. The first-order valence-corrected chi connectivity index (χ1v) is 9.61. The van der Waals surface area contributed by atoms with Crippen molar-refractivity contribution in [1.29, 1.82) is 0 Å². The van der Waals surface area contributed by atoms with E-state index in [0.717, 1.165) is 5.69 Å². The number of aryl methyl sites for hydroxylation is 1. The third-order valence-electron chi connectivity index (χ3n) is 4.19. The Hall–Kier alpha value is -2.06. The number of nitrogens with zero attached hydrogens (tertiary/aromatic N) is 3. The summed E-state index contributed by atoms with van der Waals surface area (Å²) in [6.45, 7) is 8.12. The van der Waals surface area contributed by atoms with E-state index < -0.39 is 0 Å². The van der Waals surface area contributed by atoms with Crippen LogP contribution in [0.15, 0.2) is 18.3 Å². The zero-order valence-electron chi connectivity index (χ0n) is 18.2. The highest BCUT2D eigenvalue weighted by Gasteiger charge is 2.24. The molecule has 1 heterocycles. The summed E-state index contributed by atoms with van der Waals surface area (Å²) < 4.78 is 12.2. The summed E-state index contributed by atoms with van der Waals surface area (Å²) in [5, 5.41) is 2.93. The number of aromatic nitrogens is 1. The highest BCUT2D eigenvalue weighted by molar-refractivity contribution is 5.84. The summed E-state index contributed by atoms with van der Waals surface area (Å²) in [6.07, 6.45) is 2.61. The molecule has 0 spiro atoms. The van der Waals surface area contributed by atoms with E-state index in [1.165, 1.54) is 0 Å². The van der Waals surface area contributed by atoms with Crippen molar-refractivity contribution in [2.24, 2.45) is 7.05 Å². The third kappa shape index (κ3) is 8.75. The fourth-order valence-electron chi connectivity index (χ4n) is 2.66. The fraction of sp³-hybridized carbons (Fsp3) is 0.700. The van der Waals surface area contributed by atoms with E-state index in [1.54, 1.807) is 24.0 Å². The Labute approximate surface area is 168 Å². The van der Waals surface area contributed by atoms with Crippen molar-refractivity contribution in [2.45, 2.75) is 39.3 Å². The number of nitrogens with one attached hydrogen (secondary N) is 1. The standard InChI is InChI=1S/C20H36N4O4/c1-20(2,3)21-19(26)24(11-8-13-27-5)16-18(25)23(12-14-28-6)15-17-9-7-10-22(17)4/h7,9-10H,8,11-16H2,1-6H3,(H,21,26). The molecule has 0 atom stereocenters. The molecule has 28 heavy (non-hydrogen) atoms. The van der Waals surface area contributed by atoms with Gasteiger partial charge < -0.3 is 29.2 Å². The summed E-state index contributed by atoms with van der Waals surface area (Å²) in [5.41, 5.74) is 0.646. The number of amides is 3. The zero-order valence-corrected chi connectivity index (χ0v) is 18.2. The van der Waals surface area contributed by atoms with Crippen LogP contribution in [-0.4, -0.2) is 78.9 Å². The molecule has 0 fully saturated rings. The lowest BCUT2D eigenvalue weighted by molar-refractivity contribution is -0.133. The van der Waals surface area contributed by atoms with Crippen LogP contribution in [0.4, 0.5) is 4.79 Å². The lowest BCUT2D eigenvalue weighted by atomic mass is 10.1. The lowest BCUT2D eigenvalue weighted by Gasteiger charge is -2.30. The van der Waals surface area contributed by atoms with Crippen molar-refractivity contribution < 1.29 is 19.1 Å². The van der Waals surface area contributed by atoms with Crippen molar-refractivity contribution >= 4 is 11.9 Å². The molecule has 0 unspecified atom stereocenters. The van der Waals surface area contributed by atoms with Crippen LogP contribution in [0.5, 0.6) is 0 Å². The molecule has 1 rings (SSSR count). The molecule has 0 radical (unpaired) electrons.